The molecule has 1 unspecified atom stereocenters. The predicted molar refractivity (Wildman–Crippen MR) is 128 cm³/mol. The second-order valence-electron chi connectivity index (χ2n) is 7.89. The second-order valence-corrected chi connectivity index (χ2v) is 9.09. The third kappa shape index (κ3) is 3.94. The number of aryl methyl sites for hydroxylation is 2. The van der Waals surface area contributed by atoms with E-state index < -0.39 is 6.23 Å². The Morgan fingerprint density at radius 2 is 1.97 bits per heavy atom. The molecule has 1 aliphatic rings. The summed E-state index contributed by atoms with van der Waals surface area (Å²) < 4.78 is 20.9. The van der Waals surface area contributed by atoms with Gasteiger partial charge in [-0.2, -0.15) is 0 Å². The summed E-state index contributed by atoms with van der Waals surface area (Å²) in [5.74, 6) is -0.969. The number of nitrogens with one attached hydrogen (secondary N) is 1. The summed E-state index contributed by atoms with van der Waals surface area (Å²) >= 11 is 1.36. The molecule has 2 aromatic carbocycles. The number of nitrogens with zero attached hydrogens (tertiary/aromatic N) is 3. The standard InChI is InChI=1S/C25H21FN4O3S/c1-15-28-21(23(34-15)17-6-8-18(26)9-7-17)25(32)30-12-13-33-20(30)14-27-24(31)19-5-3-4-16-10-11-29(2)22(16)19/h3-13,20H,14H2,1-2H3,(H,27,31). The lowest BCUT2D eigenvalue weighted by Crippen LogP contribution is -2.43. The van der Waals surface area contributed by atoms with Gasteiger partial charge in [-0.05, 0) is 36.8 Å². The maximum Gasteiger partial charge on any atom is 0.281 e. The molecular formula is C25H21FN4O3S. The normalized spacial score (nSPS) is 15.0. The first-order valence-corrected chi connectivity index (χ1v) is 11.4. The number of para-hydroxylation sites is 1. The zero-order chi connectivity index (χ0) is 23.8. The van der Waals surface area contributed by atoms with E-state index in [1.54, 1.807) is 18.2 Å². The lowest BCUT2D eigenvalue weighted by Gasteiger charge is -2.22. The number of thiazole rings is 1. The lowest BCUT2D eigenvalue weighted by molar-refractivity contribution is 0.0396. The van der Waals surface area contributed by atoms with Gasteiger partial charge in [-0.3, -0.25) is 14.5 Å². The van der Waals surface area contributed by atoms with Crippen LogP contribution < -0.4 is 5.32 Å². The number of rotatable bonds is 5. The van der Waals surface area contributed by atoms with Gasteiger partial charge < -0.3 is 14.6 Å². The van der Waals surface area contributed by atoms with E-state index in [2.05, 4.69) is 10.3 Å². The Bertz CT molecular complexity index is 1420. The van der Waals surface area contributed by atoms with Crippen molar-refractivity contribution in [3.8, 4) is 10.4 Å². The summed E-state index contributed by atoms with van der Waals surface area (Å²) in [6, 6.07) is 13.4. The molecule has 0 saturated carbocycles. The summed E-state index contributed by atoms with van der Waals surface area (Å²) in [6.07, 6.45) is 4.14. The molecule has 34 heavy (non-hydrogen) atoms. The van der Waals surface area contributed by atoms with Crippen molar-refractivity contribution >= 4 is 34.1 Å². The third-order valence-electron chi connectivity index (χ3n) is 5.62. The van der Waals surface area contributed by atoms with E-state index in [1.165, 1.54) is 40.8 Å². The predicted octanol–water partition coefficient (Wildman–Crippen LogP) is 4.45. The van der Waals surface area contributed by atoms with Gasteiger partial charge in [-0.25, -0.2) is 9.37 Å². The van der Waals surface area contributed by atoms with Crippen molar-refractivity contribution in [2.75, 3.05) is 6.54 Å². The summed E-state index contributed by atoms with van der Waals surface area (Å²) in [5, 5.41) is 4.56. The van der Waals surface area contributed by atoms with E-state index in [4.69, 9.17) is 4.74 Å². The number of amides is 2. The van der Waals surface area contributed by atoms with Crippen LogP contribution in [0.3, 0.4) is 0 Å². The van der Waals surface area contributed by atoms with Gasteiger partial charge in [0.1, 0.15) is 17.8 Å². The molecule has 7 nitrogen and oxygen atoms in total. The van der Waals surface area contributed by atoms with E-state index in [-0.39, 0.29) is 29.9 Å². The van der Waals surface area contributed by atoms with Crippen molar-refractivity contribution in [2.45, 2.75) is 13.2 Å². The van der Waals surface area contributed by atoms with Gasteiger partial charge in [0.2, 0.25) is 0 Å². The summed E-state index contributed by atoms with van der Waals surface area (Å²) in [6.45, 7) is 1.90. The Morgan fingerprint density at radius 3 is 2.76 bits per heavy atom. The van der Waals surface area contributed by atoms with Crippen molar-refractivity contribution < 1.29 is 18.7 Å². The molecule has 1 N–H and O–H groups in total. The smallest absolute Gasteiger partial charge is 0.281 e. The molecule has 0 spiro atoms. The molecule has 0 saturated heterocycles. The van der Waals surface area contributed by atoms with Gasteiger partial charge in [0.05, 0.1) is 27.5 Å². The number of fused-ring (bicyclic) bond motifs is 1. The van der Waals surface area contributed by atoms with Crippen LogP contribution in [0.15, 0.2) is 67.2 Å². The Morgan fingerprint density at radius 1 is 1.18 bits per heavy atom. The van der Waals surface area contributed by atoms with Crippen LogP contribution in [0.2, 0.25) is 0 Å². The maximum absolute atomic E-state index is 13.4. The number of ether oxygens (including phenoxy) is 1. The highest BCUT2D eigenvalue weighted by Gasteiger charge is 2.31. The molecule has 4 aromatic rings. The molecule has 0 fully saturated rings. The second kappa shape index (κ2) is 8.75. The van der Waals surface area contributed by atoms with Gasteiger partial charge in [-0.1, -0.05) is 24.3 Å². The van der Waals surface area contributed by atoms with Crippen LogP contribution in [0.25, 0.3) is 21.3 Å². The zero-order valence-electron chi connectivity index (χ0n) is 18.5. The molecule has 1 aliphatic heterocycles. The van der Waals surface area contributed by atoms with E-state index in [1.807, 2.05) is 42.9 Å². The largest absolute Gasteiger partial charge is 0.474 e. The van der Waals surface area contributed by atoms with Crippen molar-refractivity contribution in [3.05, 3.63) is 89.3 Å². The summed E-state index contributed by atoms with van der Waals surface area (Å²) in [4.78, 5) is 32.8. The Balaban J connectivity index is 1.34. The minimum absolute atomic E-state index is 0.0907. The van der Waals surface area contributed by atoms with Crippen molar-refractivity contribution in [3.63, 3.8) is 0 Å². The molecule has 5 rings (SSSR count). The highest BCUT2D eigenvalue weighted by atomic mass is 32.1. The minimum atomic E-state index is -0.716. The Hall–Kier alpha value is -3.98. The highest BCUT2D eigenvalue weighted by molar-refractivity contribution is 7.15. The molecule has 172 valence electrons. The van der Waals surface area contributed by atoms with Crippen LogP contribution in [-0.4, -0.2) is 39.0 Å². The van der Waals surface area contributed by atoms with Crippen LogP contribution in [0.4, 0.5) is 4.39 Å². The first-order chi connectivity index (χ1) is 16.4. The summed E-state index contributed by atoms with van der Waals surface area (Å²) in [7, 11) is 1.89. The molecule has 0 bridgehead atoms. The molecule has 2 aromatic heterocycles. The molecule has 0 radical (unpaired) electrons. The number of carbonyl (C=O) groups is 2. The van der Waals surface area contributed by atoms with E-state index in [0.717, 1.165) is 10.9 Å². The molecule has 3 heterocycles. The van der Waals surface area contributed by atoms with Gasteiger partial charge in [0.25, 0.3) is 11.8 Å². The fourth-order valence-electron chi connectivity index (χ4n) is 4.00. The average molecular weight is 477 g/mol. The quantitative estimate of drug-likeness (QED) is 0.462. The van der Waals surface area contributed by atoms with E-state index in [0.29, 0.717) is 21.0 Å². The van der Waals surface area contributed by atoms with Gasteiger partial charge in [-0.15, -0.1) is 11.3 Å². The summed E-state index contributed by atoms with van der Waals surface area (Å²) in [5.41, 5.74) is 2.34. The number of benzene rings is 2. The van der Waals surface area contributed by atoms with Gasteiger partial charge in [0, 0.05) is 24.8 Å². The molecule has 2 amide bonds. The van der Waals surface area contributed by atoms with Crippen molar-refractivity contribution in [2.24, 2.45) is 7.05 Å². The SMILES string of the molecule is Cc1nc(C(=O)N2C=COC2CNC(=O)c2cccc3ccn(C)c23)c(-c2ccc(F)cc2)s1. The van der Waals surface area contributed by atoms with E-state index >= 15 is 0 Å². The monoisotopic (exact) mass is 476 g/mol. The molecular weight excluding hydrogens is 455 g/mol. The number of carbonyl (C=O) groups excluding carboxylic acids is 2. The van der Waals surface area contributed by atoms with Crippen LogP contribution in [0, 0.1) is 12.7 Å². The Kier molecular flexibility index (Phi) is 5.62. The first-order valence-electron chi connectivity index (χ1n) is 10.6. The van der Waals surface area contributed by atoms with Crippen LogP contribution in [0.5, 0.6) is 0 Å². The van der Waals surface area contributed by atoms with Crippen LogP contribution in [-0.2, 0) is 11.8 Å². The minimum Gasteiger partial charge on any atom is -0.474 e. The van der Waals surface area contributed by atoms with Crippen molar-refractivity contribution in [1.29, 1.82) is 0 Å². The van der Waals surface area contributed by atoms with Gasteiger partial charge in [0.15, 0.2) is 6.23 Å². The molecule has 0 aliphatic carbocycles. The fourth-order valence-corrected chi connectivity index (χ4v) is 4.92. The van der Waals surface area contributed by atoms with Gasteiger partial charge >= 0.3 is 0 Å². The average Bonchev–Trinajstić information content (AvgIpc) is 3.56. The van der Waals surface area contributed by atoms with Crippen LogP contribution in [0.1, 0.15) is 25.9 Å². The first kappa shape index (κ1) is 21.8. The lowest BCUT2D eigenvalue weighted by atomic mass is 10.1. The topological polar surface area (TPSA) is 76.5 Å². The number of halogens is 1. The fraction of sp³-hybridized carbons (Fsp3) is 0.160. The van der Waals surface area contributed by atoms with Crippen molar-refractivity contribution in [1.82, 2.24) is 19.8 Å². The van der Waals surface area contributed by atoms with Crippen LogP contribution >= 0.6 is 11.3 Å². The molecule has 9 heteroatoms. The number of hydrogen-bond donors (Lipinski definition) is 1. The zero-order valence-corrected chi connectivity index (χ0v) is 19.3. The highest BCUT2D eigenvalue weighted by Crippen LogP contribution is 2.32. The Labute approximate surface area is 199 Å². The molecule has 1 atom stereocenters. The third-order valence-corrected chi connectivity index (χ3v) is 6.64. The number of hydrogen-bond acceptors (Lipinski definition) is 5. The number of aromatic nitrogens is 2. The maximum atomic E-state index is 13.4. The van der Waals surface area contributed by atoms with E-state index in [9.17, 15) is 14.0 Å².